The molecule has 18 heavy (non-hydrogen) atoms. The maximum absolute atomic E-state index is 10.1. The van der Waals surface area contributed by atoms with Crippen molar-refractivity contribution >= 4 is 0 Å². The highest BCUT2D eigenvalue weighted by molar-refractivity contribution is 5.45. The molecule has 0 spiro atoms. The van der Waals surface area contributed by atoms with Crippen LogP contribution in [0.3, 0.4) is 0 Å². The number of ether oxygens (including phenoxy) is 2. The van der Waals surface area contributed by atoms with E-state index in [1.165, 1.54) is 19.3 Å². The summed E-state index contributed by atoms with van der Waals surface area (Å²) in [4.78, 5) is 0. The van der Waals surface area contributed by atoms with Gasteiger partial charge < -0.3 is 19.9 Å². The molecule has 1 saturated carbocycles. The van der Waals surface area contributed by atoms with Gasteiger partial charge >= 0.3 is 0 Å². The second-order valence-electron chi connectivity index (χ2n) is 5.08. The third-order valence-corrected chi connectivity index (χ3v) is 3.78. The fraction of sp³-hybridized carbons (Fsp3) is 0.571. The first-order valence-corrected chi connectivity index (χ1v) is 6.61. The van der Waals surface area contributed by atoms with Gasteiger partial charge in [-0.3, -0.25) is 0 Å². The number of hydrogen-bond donors (Lipinski definition) is 2. The fourth-order valence-corrected chi connectivity index (χ4v) is 2.36. The van der Waals surface area contributed by atoms with E-state index in [9.17, 15) is 5.11 Å². The van der Waals surface area contributed by atoms with Crippen molar-refractivity contribution in [2.24, 2.45) is 5.92 Å². The van der Waals surface area contributed by atoms with Gasteiger partial charge in [-0.1, -0.05) is 12.5 Å². The highest BCUT2D eigenvalue weighted by atomic mass is 16.7. The van der Waals surface area contributed by atoms with Crippen LogP contribution in [0, 0.1) is 5.92 Å². The molecule has 1 aromatic rings. The Labute approximate surface area is 107 Å². The van der Waals surface area contributed by atoms with E-state index in [0.717, 1.165) is 29.5 Å². The molecule has 0 aromatic heterocycles. The van der Waals surface area contributed by atoms with E-state index in [2.05, 4.69) is 5.32 Å². The lowest BCUT2D eigenvalue weighted by molar-refractivity contribution is 0.166. The van der Waals surface area contributed by atoms with Crippen LogP contribution in [0.4, 0.5) is 0 Å². The maximum atomic E-state index is 10.1. The van der Waals surface area contributed by atoms with Gasteiger partial charge in [-0.2, -0.15) is 0 Å². The third-order valence-electron chi connectivity index (χ3n) is 3.78. The molecule has 1 aliphatic heterocycles. The van der Waals surface area contributed by atoms with E-state index in [1.54, 1.807) is 0 Å². The summed E-state index contributed by atoms with van der Waals surface area (Å²) in [5.41, 5.74) is 0.875. The Hall–Kier alpha value is -1.26. The van der Waals surface area contributed by atoms with Crippen molar-refractivity contribution in [1.29, 1.82) is 0 Å². The smallest absolute Gasteiger partial charge is 0.231 e. The molecule has 1 unspecified atom stereocenters. The molecular weight excluding hydrogens is 230 g/mol. The standard InChI is InChI=1S/C14H19NO3/c16-12(8-15-7-10-2-1-3-10)11-4-5-13-14(6-11)18-9-17-13/h4-6,10,12,15-16H,1-3,7-9H2. The summed E-state index contributed by atoms with van der Waals surface area (Å²) in [5, 5.41) is 13.4. The van der Waals surface area contributed by atoms with Crippen LogP contribution in [0.15, 0.2) is 18.2 Å². The van der Waals surface area contributed by atoms with Crippen molar-refractivity contribution in [2.75, 3.05) is 19.9 Å². The normalized spacial score (nSPS) is 19.6. The number of aliphatic hydroxyl groups is 1. The van der Waals surface area contributed by atoms with Crippen LogP contribution < -0.4 is 14.8 Å². The molecule has 2 N–H and O–H groups in total. The van der Waals surface area contributed by atoms with Crippen LogP contribution in [-0.4, -0.2) is 25.0 Å². The maximum Gasteiger partial charge on any atom is 0.231 e. The number of aliphatic hydroxyl groups excluding tert-OH is 1. The summed E-state index contributed by atoms with van der Waals surface area (Å²) < 4.78 is 10.6. The Morgan fingerprint density at radius 2 is 2.11 bits per heavy atom. The van der Waals surface area contributed by atoms with Crippen LogP contribution in [-0.2, 0) is 0 Å². The van der Waals surface area contributed by atoms with Gasteiger partial charge in [0.05, 0.1) is 6.10 Å². The third kappa shape index (κ3) is 2.44. The molecule has 0 radical (unpaired) electrons. The molecule has 2 aliphatic rings. The summed E-state index contributed by atoms with van der Waals surface area (Å²) >= 11 is 0. The minimum Gasteiger partial charge on any atom is -0.454 e. The van der Waals surface area contributed by atoms with Gasteiger partial charge in [0.1, 0.15) is 0 Å². The minimum atomic E-state index is -0.487. The van der Waals surface area contributed by atoms with Crippen molar-refractivity contribution in [1.82, 2.24) is 5.32 Å². The average Bonchev–Trinajstić information content (AvgIpc) is 2.79. The molecule has 1 aromatic carbocycles. The second kappa shape index (κ2) is 5.16. The van der Waals surface area contributed by atoms with Crippen molar-refractivity contribution in [2.45, 2.75) is 25.4 Å². The average molecular weight is 249 g/mol. The molecule has 1 atom stereocenters. The number of rotatable bonds is 5. The van der Waals surface area contributed by atoms with Gasteiger partial charge in [-0.15, -0.1) is 0 Å². The van der Waals surface area contributed by atoms with Gasteiger partial charge in [-0.25, -0.2) is 0 Å². The van der Waals surface area contributed by atoms with E-state index >= 15 is 0 Å². The van der Waals surface area contributed by atoms with Crippen LogP contribution >= 0.6 is 0 Å². The summed E-state index contributed by atoms with van der Waals surface area (Å²) in [7, 11) is 0. The molecule has 3 rings (SSSR count). The fourth-order valence-electron chi connectivity index (χ4n) is 2.36. The van der Waals surface area contributed by atoms with Crippen molar-refractivity contribution < 1.29 is 14.6 Å². The topological polar surface area (TPSA) is 50.7 Å². The zero-order valence-electron chi connectivity index (χ0n) is 10.4. The first-order chi connectivity index (χ1) is 8.83. The first kappa shape index (κ1) is 11.8. The Bertz CT molecular complexity index is 418. The lowest BCUT2D eigenvalue weighted by atomic mass is 9.85. The van der Waals surface area contributed by atoms with Crippen molar-refractivity contribution in [3.63, 3.8) is 0 Å². The minimum absolute atomic E-state index is 0.273. The number of hydrogen-bond acceptors (Lipinski definition) is 4. The van der Waals surface area contributed by atoms with E-state index < -0.39 is 6.10 Å². The molecule has 1 heterocycles. The van der Waals surface area contributed by atoms with E-state index in [-0.39, 0.29) is 6.79 Å². The summed E-state index contributed by atoms with van der Waals surface area (Å²) in [6.45, 7) is 1.88. The molecule has 0 saturated heterocycles. The summed E-state index contributed by atoms with van der Waals surface area (Å²) in [6, 6.07) is 5.61. The highest BCUT2D eigenvalue weighted by Gasteiger charge is 2.19. The first-order valence-electron chi connectivity index (χ1n) is 6.61. The Balaban J connectivity index is 1.53. The Morgan fingerprint density at radius 3 is 2.89 bits per heavy atom. The van der Waals surface area contributed by atoms with Gasteiger partial charge in [0, 0.05) is 6.54 Å². The van der Waals surface area contributed by atoms with E-state index in [0.29, 0.717) is 6.54 Å². The van der Waals surface area contributed by atoms with Crippen molar-refractivity contribution in [3.8, 4) is 11.5 Å². The van der Waals surface area contributed by atoms with Crippen LogP contribution in [0.25, 0.3) is 0 Å². The summed E-state index contributed by atoms with van der Waals surface area (Å²) in [5.74, 6) is 2.30. The Kier molecular flexibility index (Phi) is 3.39. The predicted molar refractivity (Wildman–Crippen MR) is 67.7 cm³/mol. The van der Waals surface area contributed by atoms with Gasteiger partial charge in [0.15, 0.2) is 11.5 Å². The molecule has 0 bridgehead atoms. The summed E-state index contributed by atoms with van der Waals surface area (Å²) in [6.07, 6.45) is 3.52. The quantitative estimate of drug-likeness (QED) is 0.836. The van der Waals surface area contributed by atoms with Gasteiger partial charge in [0.25, 0.3) is 0 Å². The number of nitrogens with one attached hydrogen (secondary N) is 1. The lowest BCUT2D eigenvalue weighted by Crippen LogP contribution is -2.30. The molecule has 0 amide bonds. The molecule has 4 heteroatoms. The monoisotopic (exact) mass is 249 g/mol. The van der Waals surface area contributed by atoms with Crippen LogP contribution in [0.2, 0.25) is 0 Å². The molecule has 98 valence electrons. The van der Waals surface area contributed by atoms with Crippen LogP contribution in [0.5, 0.6) is 11.5 Å². The lowest BCUT2D eigenvalue weighted by Gasteiger charge is -2.26. The number of fused-ring (bicyclic) bond motifs is 1. The largest absolute Gasteiger partial charge is 0.454 e. The number of benzene rings is 1. The highest BCUT2D eigenvalue weighted by Crippen LogP contribution is 2.34. The zero-order chi connectivity index (χ0) is 12.4. The van der Waals surface area contributed by atoms with Crippen molar-refractivity contribution in [3.05, 3.63) is 23.8 Å². The second-order valence-corrected chi connectivity index (χ2v) is 5.08. The Morgan fingerprint density at radius 1 is 1.28 bits per heavy atom. The van der Waals surface area contributed by atoms with Crippen LogP contribution in [0.1, 0.15) is 30.9 Å². The SMILES string of the molecule is OC(CNCC1CCC1)c1ccc2c(c1)OCO2. The molecule has 1 fully saturated rings. The van der Waals surface area contributed by atoms with Gasteiger partial charge in [0.2, 0.25) is 6.79 Å². The van der Waals surface area contributed by atoms with E-state index in [4.69, 9.17) is 9.47 Å². The zero-order valence-corrected chi connectivity index (χ0v) is 10.4. The predicted octanol–water partition coefficient (Wildman–Crippen LogP) is 1.84. The van der Waals surface area contributed by atoms with E-state index in [1.807, 2.05) is 18.2 Å². The molecular formula is C14H19NO3. The molecule has 4 nitrogen and oxygen atoms in total. The molecule has 1 aliphatic carbocycles. The van der Waals surface area contributed by atoms with Gasteiger partial charge in [-0.05, 0) is 43.0 Å².